The van der Waals surface area contributed by atoms with Crippen molar-refractivity contribution < 1.29 is 19.5 Å². The van der Waals surface area contributed by atoms with Crippen molar-refractivity contribution >= 4 is 29.1 Å². The maximum atomic E-state index is 11.6. The molecule has 0 aromatic carbocycles. The number of carboxylic acids is 1. The second-order valence-corrected chi connectivity index (χ2v) is 5.77. The van der Waals surface area contributed by atoms with E-state index in [4.69, 9.17) is 5.11 Å². The van der Waals surface area contributed by atoms with Gasteiger partial charge in [0.2, 0.25) is 5.91 Å². The van der Waals surface area contributed by atoms with Crippen LogP contribution >= 0.6 is 11.3 Å². The van der Waals surface area contributed by atoms with Gasteiger partial charge in [-0.2, -0.15) is 0 Å². The molecule has 0 saturated carbocycles. The molecule has 0 saturated heterocycles. The van der Waals surface area contributed by atoms with E-state index in [1.54, 1.807) is 26.0 Å². The topological polar surface area (TPSA) is 95.5 Å². The van der Waals surface area contributed by atoms with Crippen molar-refractivity contribution in [2.45, 2.75) is 32.7 Å². The maximum absolute atomic E-state index is 11.6. The molecule has 0 bridgehead atoms. The smallest absolute Gasteiger partial charge is 0.308 e. The van der Waals surface area contributed by atoms with Gasteiger partial charge in [0.1, 0.15) is 0 Å². The van der Waals surface area contributed by atoms with Crippen molar-refractivity contribution in [1.29, 1.82) is 0 Å². The normalized spacial score (nSPS) is 13.2. The van der Waals surface area contributed by atoms with Gasteiger partial charge in [0.15, 0.2) is 0 Å². The zero-order valence-electron chi connectivity index (χ0n) is 12.1. The third-order valence-electron chi connectivity index (χ3n) is 3.14. The minimum absolute atomic E-state index is 0.140. The van der Waals surface area contributed by atoms with Gasteiger partial charge in [0.25, 0.3) is 5.91 Å². The number of carbonyl (C=O) groups is 3. The first-order valence-electron chi connectivity index (χ1n) is 6.75. The van der Waals surface area contributed by atoms with Gasteiger partial charge < -0.3 is 15.7 Å². The van der Waals surface area contributed by atoms with Crippen molar-refractivity contribution in [2.75, 3.05) is 6.54 Å². The van der Waals surface area contributed by atoms with E-state index < -0.39 is 17.9 Å². The van der Waals surface area contributed by atoms with Crippen LogP contribution in [0.5, 0.6) is 0 Å². The molecule has 21 heavy (non-hydrogen) atoms. The first kappa shape index (κ1) is 17.2. The standard InChI is InChI=1S/C14H20N2O4S/c1-9(14(19)20)10(2)16-12(17)6-3-7-15-13(18)11-5-4-8-21-11/h4-5,8-10H,3,6-7H2,1-2H3,(H,15,18)(H,16,17)(H,19,20). The number of carbonyl (C=O) groups excluding carboxylic acids is 2. The molecule has 0 aliphatic heterocycles. The minimum Gasteiger partial charge on any atom is -0.481 e. The van der Waals surface area contributed by atoms with E-state index in [-0.39, 0.29) is 18.2 Å². The average Bonchev–Trinajstić information content (AvgIpc) is 2.96. The van der Waals surface area contributed by atoms with Crippen LogP contribution in [0.15, 0.2) is 17.5 Å². The van der Waals surface area contributed by atoms with Crippen molar-refractivity contribution in [3.63, 3.8) is 0 Å². The molecule has 0 spiro atoms. The summed E-state index contributed by atoms with van der Waals surface area (Å²) in [5.74, 6) is -1.92. The van der Waals surface area contributed by atoms with Gasteiger partial charge in [0, 0.05) is 19.0 Å². The Hall–Kier alpha value is -1.89. The first-order valence-corrected chi connectivity index (χ1v) is 7.63. The molecule has 1 rings (SSSR count). The van der Waals surface area contributed by atoms with Crippen LogP contribution in [-0.2, 0) is 9.59 Å². The SMILES string of the molecule is CC(NC(=O)CCCNC(=O)c1cccs1)C(C)C(=O)O. The Kier molecular flexibility index (Phi) is 6.87. The van der Waals surface area contributed by atoms with Crippen LogP contribution in [-0.4, -0.2) is 35.5 Å². The van der Waals surface area contributed by atoms with Crippen molar-refractivity contribution in [3.05, 3.63) is 22.4 Å². The number of carboxylic acid groups (broad SMARTS) is 1. The molecule has 0 radical (unpaired) electrons. The molecule has 2 atom stereocenters. The lowest BCUT2D eigenvalue weighted by Gasteiger charge is -2.17. The van der Waals surface area contributed by atoms with E-state index in [0.717, 1.165) is 0 Å². The van der Waals surface area contributed by atoms with Crippen molar-refractivity contribution in [1.82, 2.24) is 10.6 Å². The Morgan fingerprint density at radius 2 is 2.05 bits per heavy atom. The van der Waals surface area contributed by atoms with Crippen LogP contribution in [0.25, 0.3) is 0 Å². The summed E-state index contributed by atoms with van der Waals surface area (Å²) in [6.45, 7) is 3.62. The lowest BCUT2D eigenvalue weighted by Crippen LogP contribution is -2.40. The molecule has 2 amide bonds. The summed E-state index contributed by atoms with van der Waals surface area (Å²) in [6.07, 6.45) is 0.762. The molecule has 6 nitrogen and oxygen atoms in total. The number of hydrogen-bond donors (Lipinski definition) is 3. The number of nitrogens with one attached hydrogen (secondary N) is 2. The summed E-state index contributed by atoms with van der Waals surface area (Å²) in [5, 5.41) is 16.0. The van der Waals surface area contributed by atoms with E-state index >= 15 is 0 Å². The highest BCUT2D eigenvalue weighted by Gasteiger charge is 2.20. The van der Waals surface area contributed by atoms with Crippen LogP contribution in [0, 0.1) is 5.92 Å². The Morgan fingerprint density at radius 3 is 2.62 bits per heavy atom. The fraction of sp³-hybridized carbons (Fsp3) is 0.500. The van der Waals surface area contributed by atoms with E-state index in [1.807, 2.05) is 5.38 Å². The lowest BCUT2D eigenvalue weighted by atomic mass is 10.0. The lowest BCUT2D eigenvalue weighted by molar-refractivity contribution is -0.142. The van der Waals surface area contributed by atoms with Crippen LogP contribution in [0.4, 0.5) is 0 Å². The number of rotatable bonds is 8. The number of aliphatic carboxylic acids is 1. The molecule has 116 valence electrons. The van der Waals surface area contributed by atoms with E-state index in [0.29, 0.717) is 17.8 Å². The highest BCUT2D eigenvalue weighted by molar-refractivity contribution is 7.12. The monoisotopic (exact) mass is 312 g/mol. The quantitative estimate of drug-likeness (QED) is 0.634. The van der Waals surface area contributed by atoms with Gasteiger partial charge in [-0.05, 0) is 31.7 Å². The Bertz CT molecular complexity index is 487. The van der Waals surface area contributed by atoms with Crippen LogP contribution in [0.1, 0.15) is 36.4 Å². The van der Waals surface area contributed by atoms with Gasteiger partial charge in [-0.1, -0.05) is 6.07 Å². The fourth-order valence-electron chi connectivity index (χ4n) is 1.61. The van der Waals surface area contributed by atoms with Crippen LogP contribution < -0.4 is 10.6 Å². The number of thiophene rings is 1. The van der Waals surface area contributed by atoms with Gasteiger partial charge in [-0.15, -0.1) is 11.3 Å². The molecule has 0 aliphatic rings. The largest absolute Gasteiger partial charge is 0.481 e. The summed E-state index contributed by atoms with van der Waals surface area (Å²) < 4.78 is 0. The summed E-state index contributed by atoms with van der Waals surface area (Å²) in [6, 6.07) is 3.12. The van der Waals surface area contributed by atoms with E-state index in [2.05, 4.69) is 10.6 Å². The highest BCUT2D eigenvalue weighted by Crippen LogP contribution is 2.07. The maximum Gasteiger partial charge on any atom is 0.308 e. The molecule has 3 N–H and O–H groups in total. The predicted molar refractivity (Wildman–Crippen MR) is 80.3 cm³/mol. The van der Waals surface area contributed by atoms with Crippen molar-refractivity contribution in [3.8, 4) is 0 Å². The molecule has 0 fully saturated rings. The number of hydrogen-bond acceptors (Lipinski definition) is 4. The molecule has 1 aromatic heterocycles. The third-order valence-corrected chi connectivity index (χ3v) is 4.01. The van der Waals surface area contributed by atoms with E-state index in [1.165, 1.54) is 11.3 Å². The molecule has 2 unspecified atom stereocenters. The Morgan fingerprint density at radius 1 is 1.33 bits per heavy atom. The van der Waals surface area contributed by atoms with E-state index in [9.17, 15) is 14.4 Å². The predicted octanol–water partition coefficient (Wildman–Crippen LogP) is 1.48. The highest BCUT2D eigenvalue weighted by atomic mass is 32.1. The molecule has 1 heterocycles. The number of amides is 2. The zero-order chi connectivity index (χ0) is 15.8. The van der Waals surface area contributed by atoms with Crippen LogP contribution in [0.3, 0.4) is 0 Å². The van der Waals surface area contributed by atoms with Gasteiger partial charge in [-0.3, -0.25) is 14.4 Å². The van der Waals surface area contributed by atoms with Gasteiger partial charge >= 0.3 is 5.97 Å². The second-order valence-electron chi connectivity index (χ2n) is 4.82. The van der Waals surface area contributed by atoms with Crippen LogP contribution in [0.2, 0.25) is 0 Å². The molecule has 7 heteroatoms. The molecular formula is C14H20N2O4S. The Labute approximate surface area is 127 Å². The molecular weight excluding hydrogens is 292 g/mol. The third kappa shape index (κ3) is 5.95. The summed E-state index contributed by atoms with van der Waals surface area (Å²) in [7, 11) is 0. The second kappa shape index (κ2) is 8.41. The fourth-order valence-corrected chi connectivity index (χ4v) is 2.25. The molecule has 0 aliphatic carbocycles. The molecule has 1 aromatic rings. The Balaban J connectivity index is 2.19. The van der Waals surface area contributed by atoms with Gasteiger partial charge in [0.05, 0.1) is 10.8 Å². The summed E-state index contributed by atoms with van der Waals surface area (Å²) in [4.78, 5) is 34.7. The summed E-state index contributed by atoms with van der Waals surface area (Å²) >= 11 is 1.36. The van der Waals surface area contributed by atoms with Crippen molar-refractivity contribution in [2.24, 2.45) is 5.92 Å². The average molecular weight is 312 g/mol. The first-order chi connectivity index (χ1) is 9.91. The summed E-state index contributed by atoms with van der Waals surface area (Å²) in [5.41, 5.74) is 0. The van der Waals surface area contributed by atoms with Gasteiger partial charge in [-0.25, -0.2) is 0 Å². The minimum atomic E-state index is -0.939. The zero-order valence-corrected chi connectivity index (χ0v) is 12.9.